The summed E-state index contributed by atoms with van der Waals surface area (Å²) in [5.74, 6) is -0.673. The Morgan fingerprint density at radius 2 is 2.00 bits per heavy atom. The maximum absolute atomic E-state index is 12.3. The number of cyclic esters (lactones) is 1. The van der Waals surface area contributed by atoms with Crippen LogP contribution in [0.4, 0.5) is 22.0 Å². The van der Waals surface area contributed by atoms with Crippen molar-refractivity contribution in [2.45, 2.75) is 13.8 Å². The second-order valence-corrected chi connectivity index (χ2v) is 5.90. The van der Waals surface area contributed by atoms with Crippen molar-refractivity contribution in [3.05, 3.63) is 36.0 Å². The lowest BCUT2D eigenvalue weighted by molar-refractivity contribution is -0.115. The number of carbonyl (C=O) groups excluding carboxylic acids is 3. The van der Waals surface area contributed by atoms with Gasteiger partial charge in [0, 0.05) is 25.9 Å². The number of anilines is 3. The monoisotopic (exact) mass is 372 g/mol. The summed E-state index contributed by atoms with van der Waals surface area (Å²) in [5, 5.41) is 4.26. The lowest BCUT2D eigenvalue weighted by Gasteiger charge is -2.21. The molecular formula is C18H20N4O5. The number of ether oxygens (including phenoxy) is 2. The van der Waals surface area contributed by atoms with Gasteiger partial charge in [-0.15, -0.1) is 0 Å². The van der Waals surface area contributed by atoms with Crippen LogP contribution in [-0.2, 0) is 21.3 Å². The zero-order valence-electron chi connectivity index (χ0n) is 15.3. The Balaban J connectivity index is 1.96. The predicted molar refractivity (Wildman–Crippen MR) is 97.1 cm³/mol. The standard InChI is InChI=1S/C18H20N4O5/c1-4-26-17(24)15-11-20(3)19-16(15)22(12(2)23)14-7-5-13(6-8-14)21-9-10-27-18(21)25/h5-8,11H,4,9-10H2,1-3H3. The van der Waals surface area contributed by atoms with Gasteiger partial charge >= 0.3 is 12.1 Å². The largest absolute Gasteiger partial charge is 0.462 e. The van der Waals surface area contributed by atoms with Crippen LogP contribution in [-0.4, -0.2) is 47.5 Å². The van der Waals surface area contributed by atoms with Crippen LogP contribution in [0.5, 0.6) is 0 Å². The number of esters is 1. The first kappa shape index (κ1) is 18.4. The Kier molecular flexibility index (Phi) is 5.11. The van der Waals surface area contributed by atoms with Crippen molar-refractivity contribution in [2.75, 3.05) is 29.6 Å². The second-order valence-electron chi connectivity index (χ2n) is 5.90. The minimum Gasteiger partial charge on any atom is -0.462 e. The Labute approximate surface area is 156 Å². The van der Waals surface area contributed by atoms with Gasteiger partial charge < -0.3 is 9.47 Å². The van der Waals surface area contributed by atoms with Crippen LogP contribution in [0.1, 0.15) is 24.2 Å². The number of benzene rings is 1. The molecule has 142 valence electrons. The molecule has 1 saturated heterocycles. The highest BCUT2D eigenvalue weighted by Gasteiger charge is 2.27. The molecule has 0 saturated carbocycles. The summed E-state index contributed by atoms with van der Waals surface area (Å²) < 4.78 is 11.4. The number of rotatable bonds is 5. The van der Waals surface area contributed by atoms with Crippen molar-refractivity contribution >= 4 is 35.2 Å². The molecule has 0 aliphatic carbocycles. The normalized spacial score (nSPS) is 13.4. The van der Waals surface area contributed by atoms with Gasteiger partial charge in [-0.3, -0.25) is 19.3 Å². The first-order valence-electron chi connectivity index (χ1n) is 8.48. The SMILES string of the molecule is CCOC(=O)c1cn(C)nc1N(C(C)=O)c1ccc(N2CCOC2=O)cc1. The van der Waals surface area contributed by atoms with Crippen molar-refractivity contribution in [3.63, 3.8) is 0 Å². The molecule has 0 unspecified atom stereocenters. The van der Waals surface area contributed by atoms with Gasteiger partial charge in [0.25, 0.3) is 0 Å². The van der Waals surface area contributed by atoms with Gasteiger partial charge in [0.05, 0.1) is 18.8 Å². The van der Waals surface area contributed by atoms with Crippen molar-refractivity contribution < 1.29 is 23.9 Å². The van der Waals surface area contributed by atoms with E-state index in [0.29, 0.717) is 24.5 Å². The van der Waals surface area contributed by atoms with E-state index in [9.17, 15) is 14.4 Å². The topological polar surface area (TPSA) is 94.0 Å². The van der Waals surface area contributed by atoms with Gasteiger partial charge in [-0.1, -0.05) is 0 Å². The quantitative estimate of drug-likeness (QED) is 0.747. The third-order valence-corrected chi connectivity index (χ3v) is 4.01. The minimum absolute atomic E-state index is 0.191. The number of aromatic nitrogens is 2. The average Bonchev–Trinajstić information content (AvgIpc) is 3.21. The summed E-state index contributed by atoms with van der Waals surface area (Å²) in [6, 6.07) is 6.80. The van der Waals surface area contributed by atoms with Gasteiger partial charge in [0.2, 0.25) is 5.91 Å². The van der Waals surface area contributed by atoms with Gasteiger partial charge in [-0.2, -0.15) is 5.10 Å². The molecule has 2 aromatic rings. The molecule has 27 heavy (non-hydrogen) atoms. The van der Waals surface area contributed by atoms with Crippen LogP contribution in [0, 0.1) is 0 Å². The van der Waals surface area contributed by atoms with E-state index in [1.54, 1.807) is 38.2 Å². The zero-order chi connectivity index (χ0) is 19.6. The molecular weight excluding hydrogens is 352 g/mol. The lowest BCUT2D eigenvalue weighted by Crippen LogP contribution is -2.26. The summed E-state index contributed by atoms with van der Waals surface area (Å²) in [5.41, 5.74) is 1.38. The molecule has 1 fully saturated rings. The van der Waals surface area contributed by atoms with Crippen LogP contribution >= 0.6 is 0 Å². The van der Waals surface area contributed by atoms with E-state index in [1.807, 2.05) is 0 Å². The molecule has 9 nitrogen and oxygen atoms in total. The Hall–Kier alpha value is -3.36. The summed E-state index contributed by atoms with van der Waals surface area (Å²) in [4.78, 5) is 39.1. The molecule has 0 N–H and O–H groups in total. The molecule has 1 aromatic heterocycles. The maximum Gasteiger partial charge on any atom is 0.414 e. The third kappa shape index (κ3) is 3.62. The summed E-state index contributed by atoms with van der Waals surface area (Å²) in [6.07, 6.45) is 1.11. The Morgan fingerprint density at radius 3 is 2.56 bits per heavy atom. The molecule has 0 spiro atoms. The molecule has 0 atom stereocenters. The molecule has 2 heterocycles. The van der Waals surface area contributed by atoms with E-state index in [4.69, 9.17) is 9.47 Å². The summed E-state index contributed by atoms with van der Waals surface area (Å²) >= 11 is 0. The van der Waals surface area contributed by atoms with Crippen LogP contribution in [0.15, 0.2) is 30.5 Å². The third-order valence-electron chi connectivity index (χ3n) is 4.01. The summed E-state index contributed by atoms with van der Waals surface area (Å²) in [7, 11) is 1.66. The number of carbonyl (C=O) groups is 3. The molecule has 2 amide bonds. The van der Waals surface area contributed by atoms with E-state index >= 15 is 0 Å². The van der Waals surface area contributed by atoms with E-state index in [-0.39, 0.29) is 23.9 Å². The number of amides is 2. The van der Waals surface area contributed by atoms with Crippen molar-refractivity contribution in [1.29, 1.82) is 0 Å². The number of nitrogens with zero attached hydrogens (tertiary/aromatic N) is 4. The van der Waals surface area contributed by atoms with E-state index in [0.717, 1.165) is 0 Å². The maximum atomic E-state index is 12.3. The predicted octanol–water partition coefficient (Wildman–Crippen LogP) is 2.24. The lowest BCUT2D eigenvalue weighted by atomic mass is 10.2. The first-order valence-corrected chi connectivity index (χ1v) is 8.48. The fourth-order valence-corrected chi connectivity index (χ4v) is 2.86. The average molecular weight is 372 g/mol. The van der Waals surface area contributed by atoms with E-state index in [2.05, 4.69) is 5.10 Å². The van der Waals surface area contributed by atoms with E-state index < -0.39 is 12.1 Å². The summed E-state index contributed by atoms with van der Waals surface area (Å²) in [6.45, 7) is 4.13. The highest BCUT2D eigenvalue weighted by molar-refractivity contribution is 6.05. The minimum atomic E-state index is -0.553. The van der Waals surface area contributed by atoms with E-state index in [1.165, 1.54) is 27.6 Å². The second kappa shape index (κ2) is 7.48. The molecule has 0 bridgehead atoms. The van der Waals surface area contributed by atoms with Crippen LogP contribution in [0.3, 0.4) is 0 Å². The number of aryl methyl sites for hydroxylation is 1. The van der Waals surface area contributed by atoms with Crippen molar-refractivity contribution in [1.82, 2.24) is 9.78 Å². The Morgan fingerprint density at radius 1 is 1.30 bits per heavy atom. The molecule has 1 aliphatic heterocycles. The molecule has 9 heteroatoms. The van der Waals surface area contributed by atoms with Crippen LogP contribution in [0.2, 0.25) is 0 Å². The van der Waals surface area contributed by atoms with Gasteiger partial charge in [0.15, 0.2) is 5.82 Å². The zero-order valence-corrected chi connectivity index (χ0v) is 15.3. The highest BCUT2D eigenvalue weighted by atomic mass is 16.6. The molecule has 1 aromatic carbocycles. The van der Waals surface area contributed by atoms with Crippen molar-refractivity contribution in [2.24, 2.45) is 7.05 Å². The highest BCUT2D eigenvalue weighted by Crippen LogP contribution is 2.30. The fraction of sp³-hybridized carbons (Fsp3) is 0.333. The molecule has 3 rings (SSSR count). The molecule has 0 radical (unpaired) electrons. The van der Waals surface area contributed by atoms with Gasteiger partial charge in [-0.05, 0) is 31.2 Å². The van der Waals surface area contributed by atoms with Gasteiger partial charge in [-0.25, -0.2) is 9.59 Å². The number of hydrogen-bond donors (Lipinski definition) is 0. The smallest absolute Gasteiger partial charge is 0.414 e. The van der Waals surface area contributed by atoms with Crippen LogP contribution in [0.25, 0.3) is 0 Å². The van der Waals surface area contributed by atoms with Gasteiger partial charge in [0.1, 0.15) is 12.2 Å². The number of hydrogen-bond acceptors (Lipinski definition) is 6. The first-order chi connectivity index (χ1) is 12.9. The fourth-order valence-electron chi connectivity index (χ4n) is 2.86. The Bertz CT molecular complexity index is 874. The van der Waals surface area contributed by atoms with Crippen LogP contribution < -0.4 is 9.80 Å². The molecule has 1 aliphatic rings. The van der Waals surface area contributed by atoms with Crippen molar-refractivity contribution in [3.8, 4) is 0 Å².